The van der Waals surface area contributed by atoms with E-state index >= 15 is 0 Å². The lowest BCUT2D eigenvalue weighted by atomic mass is 9.82. The van der Waals surface area contributed by atoms with E-state index in [4.69, 9.17) is 19.9 Å². The van der Waals surface area contributed by atoms with Gasteiger partial charge in [0.1, 0.15) is 5.01 Å². The summed E-state index contributed by atoms with van der Waals surface area (Å²) in [6.45, 7) is 4.60. The predicted molar refractivity (Wildman–Crippen MR) is 201 cm³/mol. The summed E-state index contributed by atoms with van der Waals surface area (Å²) >= 11 is 1.70. The highest BCUT2D eigenvalue weighted by atomic mass is 32.1. The maximum absolute atomic E-state index is 5.23. The van der Waals surface area contributed by atoms with Crippen LogP contribution in [-0.2, 0) is 5.41 Å². The van der Waals surface area contributed by atoms with Gasteiger partial charge in [0.05, 0.1) is 21.3 Å². The van der Waals surface area contributed by atoms with Crippen LogP contribution in [0.15, 0.2) is 140 Å². The number of benzene rings is 6. The third-order valence-electron chi connectivity index (χ3n) is 9.91. The van der Waals surface area contributed by atoms with Gasteiger partial charge in [-0.1, -0.05) is 117 Å². The van der Waals surface area contributed by atoms with Crippen LogP contribution in [-0.4, -0.2) is 24.5 Å². The van der Waals surface area contributed by atoms with Crippen LogP contribution >= 0.6 is 11.3 Å². The molecular weight excluding hydrogens is 619 g/mol. The Hall–Kier alpha value is -5.98. The van der Waals surface area contributed by atoms with E-state index in [2.05, 4.69) is 140 Å². The summed E-state index contributed by atoms with van der Waals surface area (Å²) in [6, 6.07) is 49.0. The SMILES string of the molecule is CC1(C)c2ccccc2-c2ccc(-c3nc(-c4ccc5sc(-c6ccccc6)nc5c4)nc(-n4c5ccccc5c5ccccc54)n3)cc21. The minimum Gasteiger partial charge on any atom is -0.278 e. The van der Waals surface area contributed by atoms with E-state index < -0.39 is 0 Å². The molecule has 6 heteroatoms. The number of fused-ring (bicyclic) bond motifs is 7. The van der Waals surface area contributed by atoms with Gasteiger partial charge in [0.15, 0.2) is 11.6 Å². The molecule has 3 aromatic heterocycles. The summed E-state index contributed by atoms with van der Waals surface area (Å²) in [4.78, 5) is 20.6. The topological polar surface area (TPSA) is 56.5 Å². The fourth-order valence-corrected chi connectivity index (χ4v) is 8.43. The number of thiazole rings is 1. The first-order valence-electron chi connectivity index (χ1n) is 16.5. The molecule has 49 heavy (non-hydrogen) atoms. The first kappa shape index (κ1) is 28.1. The molecule has 0 saturated heterocycles. The number of para-hydroxylation sites is 2. The molecule has 0 amide bonds. The largest absolute Gasteiger partial charge is 0.278 e. The molecule has 232 valence electrons. The molecule has 0 saturated carbocycles. The first-order chi connectivity index (χ1) is 24.0. The molecular formula is C43H29N5S. The lowest BCUT2D eigenvalue weighted by molar-refractivity contribution is 0.660. The first-order valence-corrected chi connectivity index (χ1v) is 17.3. The van der Waals surface area contributed by atoms with Crippen LogP contribution in [0.1, 0.15) is 25.0 Å². The third-order valence-corrected chi connectivity index (χ3v) is 11.0. The molecule has 0 unspecified atom stereocenters. The number of nitrogens with zero attached hydrogens (tertiary/aromatic N) is 5. The molecule has 1 aliphatic carbocycles. The van der Waals surface area contributed by atoms with Gasteiger partial charge in [-0.15, -0.1) is 11.3 Å². The van der Waals surface area contributed by atoms with E-state index in [9.17, 15) is 0 Å². The summed E-state index contributed by atoms with van der Waals surface area (Å²) in [6.07, 6.45) is 0. The number of hydrogen-bond acceptors (Lipinski definition) is 5. The number of rotatable bonds is 4. The van der Waals surface area contributed by atoms with E-state index in [-0.39, 0.29) is 5.41 Å². The van der Waals surface area contributed by atoms with Crippen molar-refractivity contribution in [3.8, 4) is 50.4 Å². The molecule has 0 N–H and O–H groups in total. The van der Waals surface area contributed by atoms with Crippen molar-refractivity contribution in [3.63, 3.8) is 0 Å². The van der Waals surface area contributed by atoms with Crippen LogP contribution in [0.5, 0.6) is 0 Å². The van der Waals surface area contributed by atoms with E-state index in [1.807, 2.05) is 18.2 Å². The van der Waals surface area contributed by atoms with Crippen molar-refractivity contribution in [2.75, 3.05) is 0 Å². The van der Waals surface area contributed by atoms with Gasteiger partial charge in [0.25, 0.3) is 0 Å². The summed E-state index contributed by atoms with van der Waals surface area (Å²) in [5.74, 6) is 1.84. The van der Waals surface area contributed by atoms with Gasteiger partial charge in [-0.2, -0.15) is 9.97 Å². The van der Waals surface area contributed by atoms with Crippen LogP contribution in [0.25, 0.3) is 82.4 Å². The molecule has 0 fully saturated rings. The fraction of sp³-hybridized carbons (Fsp3) is 0.0698. The van der Waals surface area contributed by atoms with Crippen molar-refractivity contribution in [1.29, 1.82) is 0 Å². The van der Waals surface area contributed by atoms with E-state index in [1.54, 1.807) is 11.3 Å². The Morgan fingerprint density at radius 3 is 1.88 bits per heavy atom. The summed E-state index contributed by atoms with van der Waals surface area (Å²) < 4.78 is 3.29. The van der Waals surface area contributed by atoms with Crippen molar-refractivity contribution >= 4 is 43.4 Å². The molecule has 0 spiro atoms. The summed E-state index contributed by atoms with van der Waals surface area (Å²) in [5.41, 5.74) is 11.1. The van der Waals surface area contributed by atoms with Crippen LogP contribution in [0.4, 0.5) is 0 Å². The number of hydrogen-bond donors (Lipinski definition) is 0. The molecule has 5 nitrogen and oxygen atoms in total. The van der Waals surface area contributed by atoms with Gasteiger partial charge >= 0.3 is 0 Å². The predicted octanol–water partition coefficient (Wildman–Crippen LogP) is 10.9. The maximum Gasteiger partial charge on any atom is 0.238 e. The van der Waals surface area contributed by atoms with Crippen LogP contribution in [0.2, 0.25) is 0 Å². The van der Waals surface area contributed by atoms with E-state index in [1.165, 1.54) is 22.3 Å². The highest BCUT2D eigenvalue weighted by Crippen LogP contribution is 2.49. The molecule has 9 aromatic rings. The zero-order chi connectivity index (χ0) is 32.7. The van der Waals surface area contributed by atoms with Gasteiger partial charge in [0.2, 0.25) is 5.95 Å². The molecule has 3 heterocycles. The molecule has 0 aliphatic heterocycles. The second kappa shape index (κ2) is 10.5. The third kappa shape index (κ3) is 4.31. The lowest BCUT2D eigenvalue weighted by Gasteiger charge is -2.21. The normalized spacial score (nSPS) is 13.3. The molecule has 0 atom stereocenters. The minimum atomic E-state index is -0.139. The monoisotopic (exact) mass is 647 g/mol. The van der Waals surface area contributed by atoms with Crippen LogP contribution in [0, 0.1) is 0 Å². The van der Waals surface area contributed by atoms with Gasteiger partial charge in [-0.3, -0.25) is 4.57 Å². The fourth-order valence-electron chi connectivity index (χ4n) is 7.48. The quantitative estimate of drug-likeness (QED) is 0.191. The van der Waals surface area contributed by atoms with Gasteiger partial charge in [0, 0.05) is 32.9 Å². The highest BCUT2D eigenvalue weighted by molar-refractivity contribution is 7.21. The standard InChI is InChI=1S/C43H29N5S/c1-43(2)33-17-9-6-14-29(33)30-22-20-27(24-34(30)43)39-45-40(28-21-23-38-35(25-28)44-41(49-38)26-12-4-3-5-13-26)47-42(46-39)48-36-18-10-7-15-31(36)32-16-8-11-19-37(32)48/h3-25H,1-2H3. The summed E-state index contributed by atoms with van der Waals surface area (Å²) in [7, 11) is 0. The zero-order valence-electron chi connectivity index (χ0n) is 26.9. The Morgan fingerprint density at radius 2 is 1.12 bits per heavy atom. The average molecular weight is 648 g/mol. The highest BCUT2D eigenvalue weighted by Gasteiger charge is 2.35. The van der Waals surface area contributed by atoms with E-state index in [0.29, 0.717) is 17.6 Å². The van der Waals surface area contributed by atoms with Gasteiger partial charge in [-0.25, -0.2) is 9.97 Å². The van der Waals surface area contributed by atoms with Crippen molar-refractivity contribution < 1.29 is 0 Å². The summed E-state index contributed by atoms with van der Waals surface area (Å²) in [5, 5.41) is 3.32. The smallest absolute Gasteiger partial charge is 0.238 e. The van der Waals surface area contributed by atoms with Crippen molar-refractivity contribution in [2.24, 2.45) is 0 Å². The van der Waals surface area contributed by atoms with Crippen LogP contribution < -0.4 is 0 Å². The Morgan fingerprint density at radius 1 is 0.510 bits per heavy atom. The Balaban J connectivity index is 1.20. The second-order valence-corrected chi connectivity index (χ2v) is 14.2. The second-order valence-electron chi connectivity index (χ2n) is 13.2. The van der Waals surface area contributed by atoms with Crippen LogP contribution in [0.3, 0.4) is 0 Å². The maximum atomic E-state index is 5.23. The molecule has 1 aliphatic rings. The Labute approximate surface area is 287 Å². The van der Waals surface area contributed by atoms with Gasteiger partial charge < -0.3 is 0 Å². The minimum absolute atomic E-state index is 0.139. The van der Waals surface area contributed by atoms with Crippen molar-refractivity contribution in [3.05, 3.63) is 151 Å². The Kier molecular flexibility index (Phi) is 6.02. The lowest BCUT2D eigenvalue weighted by Crippen LogP contribution is -2.15. The average Bonchev–Trinajstić information content (AvgIpc) is 3.80. The van der Waals surface area contributed by atoms with Crippen molar-refractivity contribution in [2.45, 2.75) is 19.3 Å². The van der Waals surface area contributed by atoms with Gasteiger partial charge in [-0.05, 0) is 58.7 Å². The van der Waals surface area contributed by atoms with Crippen molar-refractivity contribution in [1.82, 2.24) is 24.5 Å². The van der Waals surface area contributed by atoms with E-state index in [0.717, 1.165) is 53.7 Å². The molecule has 6 aromatic carbocycles. The zero-order valence-corrected chi connectivity index (χ0v) is 27.7. The molecule has 0 radical (unpaired) electrons. The number of aromatic nitrogens is 5. The molecule has 10 rings (SSSR count). The Bertz CT molecular complexity index is 2700. The molecule has 0 bridgehead atoms.